The van der Waals surface area contributed by atoms with Crippen molar-refractivity contribution in [3.63, 3.8) is 0 Å². The van der Waals surface area contributed by atoms with Gasteiger partial charge in [-0.3, -0.25) is 4.68 Å². The highest BCUT2D eigenvalue weighted by molar-refractivity contribution is 4.99. The highest BCUT2D eigenvalue weighted by Crippen LogP contribution is 2.27. The second kappa shape index (κ2) is 7.65. The molecular weight excluding hydrogens is 238 g/mol. The first-order valence-electron chi connectivity index (χ1n) is 7.72. The van der Waals surface area contributed by atoms with Crippen molar-refractivity contribution in [1.29, 1.82) is 0 Å². The number of nitrogens with one attached hydrogen (secondary N) is 1. The maximum absolute atomic E-state index is 9.65. The lowest BCUT2D eigenvalue weighted by Crippen LogP contribution is -2.26. The molecule has 0 amide bonds. The summed E-state index contributed by atoms with van der Waals surface area (Å²) in [4.78, 5) is 0. The van der Waals surface area contributed by atoms with Crippen molar-refractivity contribution in [2.24, 2.45) is 0 Å². The van der Waals surface area contributed by atoms with Crippen LogP contribution in [0, 0.1) is 0 Å². The quantitative estimate of drug-likeness (QED) is 0.797. The summed E-state index contributed by atoms with van der Waals surface area (Å²) in [6.45, 7) is 3.50. The van der Waals surface area contributed by atoms with E-state index in [2.05, 4.69) is 34.3 Å². The Balaban J connectivity index is 1.74. The molecule has 1 aliphatic rings. The van der Waals surface area contributed by atoms with Crippen LogP contribution in [0.15, 0.2) is 12.3 Å². The van der Waals surface area contributed by atoms with E-state index in [-0.39, 0.29) is 6.10 Å². The molecule has 0 aliphatic heterocycles. The molecule has 1 aromatic heterocycles. The SMILES string of the molecule is CCCC(O)CNCc1ccn(C2CCCCC2)n1. The van der Waals surface area contributed by atoms with E-state index in [1.165, 1.54) is 32.1 Å². The second-order valence-electron chi connectivity index (χ2n) is 5.65. The largest absolute Gasteiger partial charge is 0.392 e. The number of aliphatic hydroxyl groups is 1. The highest BCUT2D eigenvalue weighted by atomic mass is 16.3. The Labute approximate surface area is 116 Å². The standard InChI is InChI=1S/C15H27N3O/c1-2-6-15(19)12-16-11-13-9-10-18(17-13)14-7-4-3-5-8-14/h9-10,14-16,19H,2-8,11-12H2,1H3. The molecule has 1 aromatic rings. The van der Waals surface area contributed by atoms with E-state index in [4.69, 9.17) is 0 Å². The van der Waals surface area contributed by atoms with E-state index in [1.54, 1.807) is 0 Å². The topological polar surface area (TPSA) is 50.1 Å². The third-order valence-corrected chi connectivity index (χ3v) is 3.92. The molecule has 1 saturated carbocycles. The molecule has 1 heterocycles. The molecule has 1 fully saturated rings. The number of nitrogens with zero attached hydrogens (tertiary/aromatic N) is 2. The second-order valence-corrected chi connectivity index (χ2v) is 5.65. The van der Waals surface area contributed by atoms with Gasteiger partial charge in [-0.1, -0.05) is 32.6 Å². The molecule has 0 aromatic carbocycles. The van der Waals surface area contributed by atoms with Crippen molar-refractivity contribution < 1.29 is 5.11 Å². The first-order valence-corrected chi connectivity index (χ1v) is 7.72. The van der Waals surface area contributed by atoms with Crippen molar-refractivity contribution in [2.45, 2.75) is 70.6 Å². The number of aromatic nitrogens is 2. The molecule has 0 bridgehead atoms. The zero-order valence-corrected chi connectivity index (χ0v) is 12.0. The summed E-state index contributed by atoms with van der Waals surface area (Å²) in [7, 11) is 0. The molecule has 1 unspecified atom stereocenters. The van der Waals surface area contributed by atoms with Crippen molar-refractivity contribution in [1.82, 2.24) is 15.1 Å². The molecule has 4 heteroatoms. The van der Waals surface area contributed by atoms with Crippen LogP contribution in [0.2, 0.25) is 0 Å². The molecule has 19 heavy (non-hydrogen) atoms. The van der Waals surface area contributed by atoms with Gasteiger partial charge in [-0.15, -0.1) is 0 Å². The maximum Gasteiger partial charge on any atom is 0.0762 e. The molecule has 0 radical (unpaired) electrons. The fourth-order valence-corrected chi connectivity index (χ4v) is 2.82. The van der Waals surface area contributed by atoms with Crippen LogP contribution in [0.1, 0.15) is 63.6 Å². The molecule has 1 atom stereocenters. The molecular formula is C15H27N3O. The van der Waals surface area contributed by atoms with E-state index in [1.807, 2.05) is 0 Å². The molecule has 2 rings (SSSR count). The number of hydrogen-bond acceptors (Lipinski definition) is 3. The van der Waals surface area contributed by atoms with Gasteiger partial charge in [-0.25, -0.2) is 0 Å². The van der Waals surface area contributed by atoms with Crippen molar-refractivity contribution in [3.8, 4) is 0 Å². The zero-order chi connectivity index (χ0) is 13.5. The molecule has 1 aliphatic carbocycles. The Kier molecular flexibility index (Phi) is 5.86. The van der Waals surface area contributed by atoms with Crippen LogP contribution in [0.3, 0.4) is 0 Å². The van der Waals surface area contributed by atoms with Gasteiger partial charge in [0.2, 0.25) is 0 Å². The van der Waals surface area contributed by atoms with E-state index >= 15 is 0 Å². The Bertz CT molecular complexity index is 358. The number of aliphatic hydroxyl groups excluding tert-OH is 1. The van der Waals surface area contributed by atoms with Gasteiger partial charge in [-0.2, -0.15) is 5.10 Å². The van der Waals surface area contributed by atoms with E-state index < -0.39 is 0 Å². The summed E-state index contributed by atoms with van der Waals surface area (Å²) in [5.74, 6) is 0. The van der Waals surface area contributed by atoms with Crippen LogP contribution in [0.25, 0.3) is 0 Å². The summed E-state index contributed by atoms with van der Waals surface area (Å²) >= 11 is 0. The smallest absolute Gasteiger partial charge is 0.0762 e. The Hall–Kier alpha value is -0.870. The first-order chi connectivity index (χ1) is 9.29. The third kappa shape index (κ3) is 4.62. The maximum atomic E-state index is 9.65. The summed E-state index contributed by atoms with van der Waals surface area (Å²) in [6.07, 6.45) is 10.3. The predicted octanol–water partition coefficient (Wildman–Crippen LogP) is 2.64. The first kappa shape index (κ1) is 14.5. The van der Waals surface area contributed by atoms with Gasteiger partial charge in [0.05, 0.1) is 17.8 Å². The van der Waals surface area contributed by atoms with E-state index in [0.29, 0.717) is 12.6 Å². The van der Waals surface area contributed by atoms with Gasteiger partial charge in [0.15, 0.2) is 0 Å². The summed E-state index contributed by atoms with van der Waals surface area (Å²) in [6, 6.07) is 2.70. The molecule has 4 nitrogen and oxygen atoms in total. The molecule has 108 valence electrons. The number of hydrogen-bond donors (Lipinski definition) is 2. The van der Waals surface area contributed by atoms with Gasteiger partial charge < -0.3 is 10.4 Å². The Morgan fingerprint density at radius 2 is 2.21 bits per heavy atom. The fraction of sp³-hybridized carbons (Fsp3) is 0.800. The van der Waals surface area contributed by atoms with Gasteiger partial charge >= 0.3 is 0 Å². The summed E-state index contributed by atoms with van der Waals surface area (Å²) < 4.78 is 2.14. The predicted molar refractivity (Wildman–Crippen MR) is 77.0 cm³/mol. The normalized spacial score (nSPS) is 18.6. The van der Waals surface area contributed by atoms with Crippen LogP contribution in [0.4, 0.5) is 0 Å². The molecule has 2 N–H and O–H groups in total. The Morgan fingerprint density at radius 3 is 2.95 bits per heavy atom. The highest BCUT2D eigenvalue weighted by Gasteiger charge is 2.15. The van der Waals surface area contributed by atoms with Crippen molar-refractivity contribution in [2.75, 3.05) is 6.54 Å². The number of rotatable bonds is 7. The van der Waals surface area contributed by atoms with Gasteiger partial charge in [0.25, 0.3) is 0 Å². The van der Waals surface area contributed by atoms with E-state index in [9.17, 15) is 5.11 Å². The van der Waals surface area contributed by atoms with Gasteiger partial charge in [-0.05, 0) is 25.3 Å². The Morgan fingerprint density at radius 1 is 1.42 bits per heavy atom. The lowest BCUT2D eigenvalue weighted by atomic mass is 9.96. The fourth-order valence-electron chi connectivity index (χ4n) is 2.82. The zero-order valence-electron chi connectivity index (χ0n) is 12.0. The minimum Gasteiger partial charge on any atom is -0.392 e. The van der Waals surface area contributed by atoms with Crippen LogP contribution in [0.5, 0.6) is 0 Å². The van der Waals surface area contributed by atoms with Crippen LogP contribution in [-0.2, 0) is 6.54 Å². The van der Waals surface area contributed by atoms with Crippen molar-refractivity contribution >= 4 is 0 Å². The van der Waals surface area contributed by atoms with Crippen molar-refractivity contribution in [3.05, 3.63) is 18.0 Å². The minimum atomic E-state index is -0.231. The van der Waals surface area contributed by atoms with Crippen LogP contribution < -0.4 is 5.32 Å². The summed E-state index contributed by atoms with van der Waals surface area (Å²) in [5, 5.41) is 17.6. The van der Waals surface area contributed by atoms with Gasteiger partial charge in [0.1, 0.15) is 0 Å². The average Bonchev–Trinajstić information content (AvgIpc) is 2.89. The lowest BCUT2D eigenvalue weighted by molar-refractivity contribution is 0.160. The molecule has 0 saturated heterocycles. The van der Waals surface area contributed by atoms with Crippen LogP contribution >= 0.6 is 0 Å². The average molecular weight is 265 g/mol. The monoisotopic (exact) mass is 265 g/mol. The van der Waals surface area contributed by atoms with E-state index in [0.717, 1.165) is 25.1 Å². The van der Waals surface area contributed by atoms with Gasteiger partial charge in [0, 0.05) is 19.3 Å². The summed E-state index contributed by atoms with van der Waals surface area (Å²) in [5.41, 5.74) is 1.08. The minimum absolute atomic E-state index is 0.231. The third-order valence-electron chi connectivity index (χ3n) is 3.92. The van der Waals surface area contributed by atoms with Crippen LogP contribution in [-0.4, -0.2) is 27.5 Å². The lowest BCUT2D eigenvalue weighted by Gasteiger charge is -2.21. The molecule has 0 spiro atoms.